The average molecular weight is 271 g/mol. The lowest BCUT2D eigenvalue weighted by Gasteiger charge is -2.35. The summed E-state index contributed by atoms with van der Waals surface area (Å²) >= 11 is 10.8. The molecule has 0 amide bonds. The van der Waals surface area contributed by atoms with Gasteiger partial charge in [0.2, 0.25) is 0 Å². The van der Waals surface area contributed by atoms with E-state index in [9.17, 15) is 0 Å². The third kappa shape index (κ3) is 2.00. The van der Waals surface area contributed by atoms with Crippen LogP contribution in [-0.2, 0) is 0 Å². The topological polar surface area (TPSA) is 0 Å². The molecule has 16 heavy (non-hydrogen) atoms. The van der Waals surface area contributed by atoms with Gasteiger partial charge in [-0.1, -0.05) is 31.4 Å². The van der Waals surface area contributed by atoms with E-state index in [1.807, 2.05) is 23.5 Å². The molecule has 1 heterocycles. The third-order valence-corrected chi connectivity index (χ3v) is 7.54. The fourth-order valence-corrected chi connectivity index (χ4v) is 6.16. The van der Waals surface area contributed by atoms with Crippen LogP contribution in [0.25, 0.3) is 0 Å². The van der Waals surface area contributed by atoms with Gasteiger partial charge >= 0.3 is 0 Å². The van der Waals surface area contributed by atoms with Crippen molar-refractivity contribution in [3.05, 3.63) is 24.3 Å². The first kappa shape index (κ1) is 11.3. The fourth-order valence-electron chi connectivity index (χ4n) is 2.49. The lowest BCUT2D eigenvalue weighted by atomic mass is 9.90. The number of thioether (sulfide) groups is 2. The van der Waals surface area contributed by atoms with Crippen molar-refractivity contribution in [2.24, 2.45) is 0 Å². The zero-order chi connectivity index (χ0) is 11.0. The van der Waals surface area contributed by atoms with Crippen molar-refractivity contribution >= 4 is 35.1 Å². The van der Waals surface area contributed by atoms with Gasteiger partial charge in [-0.25, -0.2) is 0 Å². The van der Waals surface area contributed by atoms with Crippen LogP contribution >= 0.6 is 35.1 Å². The normalized spacial score (nSPS) is 24.3. The summed E-state index contributed by atoms with van der Waals surface area (Å²) in [5, 5.41) is 0. The summed E-state index contributed by atoms with van der Waals surface area (Å²) < 4.78 is 0.520. The quantitative estimate of drug-likeness (QED) is 0.647. The van der Waals surface area contributed by atoms with Gasteiger partial charge in [0, 0.05) is 9.79 Å². The van der Waals surface area contributed by atoms with E-state index in [1.165, 1.54) is 41.9 Å². The third-order valence-electron chi connectivity index (χ3n) is 3.42. The molecule has 0 aromatic heterocycles. The zero-order valence-corrected chi connectivity index (χ0v) is 11.5. The van der Waals surface area contributed by atoms with E-state index >= 15 is 0 Å². The Hall–Kier alpha value is 0.210. The van der Waals surface area contributed by atoms with Crippen molar-refractivity contribution in [2.45, 2.75) is 51.4 Å². The van der Waals surface area contributed by atoms with Crippen LogP contribution in [-0.4, -0.2) is 9.46 Å². The van der Waals surface area contributed by atoms with Crippen LogP contribution < -0.4 is 0 Å². The van der Waals surface area contributed by atoms with E-state index in [2.05, 4.69) is 24.3 Å². The largest absolute Gasteiger partial charge is 0.117 e. The molecular weight excluding hydrogens is 256 g/mol. The highest BCUT2D eigenvalue weighted by atomic mass is 35.5. The van der Waals surface area contributed by atoms with E-state index in [4.69, 9.17) is 11.6 Å². The van der Waals surface area contributed by atoms with E-state index in [0.717, 1.165) is 0 Å². The Morgan fingerprint density at radius 1 is 1.00 bits per heavy atom. The van der Waals surface area contributed by atoms with Gasteiger partial charge in [-0.15, -0.1) is 35.1 Å². The van der Waals surface area contributed by atoms with Crippen molar-refractivity contribution in [1.29, 1.82) is 0 Å². The van der Waals surface area contributed by atoms with Gasteiger partial charge in [-0.05, 0) is 25.0 Å². The van der Waals surface area contributed by atoms with Gasteiger partial charge in [-0.3, -0.25) is 0 Å². The Bertz CT molecular complexity index is 360. The van der Waals surface area contributed by atoms with Gasteiger partial charge < -0.3 is 0 Å². The molecule has 1 aromatic rings. The van der Waals surface area contributed by atoms with Crippen molar-refractivity contribution in [2.75, 3.05) is 0 Å². The van der Waals surface area contributed by atoms with Gasteiger partial charge in [0.25, 0.3) is 0 Å². The summed E-state index contributed by atoms with van der Waals surface area (Å²) in [6, 6.07) is 8.68. The number of benzene rings is 1. The minimum Gasteiger partial charge on any atom is -0.117 e. The van der Waals surface area contributed by atoms with Gasteiger partial charge in [-0.2, -0.15) is 0 Å². The van der Waals surface area contributed by atoms with E-state index < -0.39 is 0 Å². The summed E-state index contributed by atoms with van der Waals surface area (Å²) in [6.07, 6.45) is 6.35. The van der Waals surface area contributed by atoms with E-state index in [1.54, 1.807) is 0 Å². The molecule has 3 rings (SSSR count). The van der Waals surface area contributed by atoms with Crippen LogP contribution in [0, 0.1) is 0 Å². The van der Waals surface area contributed by atoms with Gasteiger partial charge in [0.15, 0.2) is 0 Å². The molecule has 1 aliphatic carbocycles. The summed E-state index contributed by atoms with van der Waals surface area (Å²) in [7, 11) is 0. The fraction of sp³-hybridized carbons (Fsp3) is 0.538. The Morgan fingerprint density at radius 2 is 1.56 bits per heavy atom. The van der Waals surface area contributed by atoms with Crippen LogP contribution in [0.2, 0.25) is 0 Å². The van der Waals surface area contributed by atoms with E-state index in [0.29, 0.717) is 4.58 Å². The molecule has 1 aromatic carbocycles. The molecule has 2 aliphatic rings. The lowest BCUT2D eigenvalue weighted by molar-refractivity contribution is 0.410. The summed E-state index contributed by atoms with van der Waals surface area (Å²) in [6.45, 7) is 0. The number of halogens is 1. The van der Waals surface area contributed by atoms with Crippen LogP contribution in [0.5, 0.6) is 0 Å². The molecule has 0 radical (unpaired) electrons. The molecule has 1 saturated carbocycles. The molecule has 0 N–H and O–H groups in total. The van der Waals surface area contributed by atoms with Crippen molar-refractivity contribution in [3.8, 4) is 0 Å². The minimum absolute atomic E-state index is 0.0343. The monoisotopic (exact) mass is 270 g/mol. The second-order valence-corrected chi connectivity index (χ2v) is 7.95. The van der Waals surface area contributed by atoms with Crippen LogP contribution in [0.3, 0.4) is 0 Å². The highest BCUT2D eigenvalue weighted by Crippen LogP contribution is 2.56. The van der Waals surface area contributed by atoms with Crippen LogP contribution in [0.15, 0.2) is 34.1 Å². The van der Waals surface area contributed by atoms with E-state index in [-0.39, 0.29) is 4.87 Å². The number of fused-ring (bicyclic) bond motifs is 1. The molecule has 86 valence electrons. The first-order valence-electron chi connectivity index (χ1n) is 5.89. The molecule has 0 bridgehead atoms. The van der Waals surface area contributed by atoms with Crippen LogP contribution in [0.1, 0.15) is 32.1 Å². The van der Waals surface area contributed by atoms with Crippen molar-refractivity contribution in [3.63, 3.8) is 0 Å². The molecule has 3 heteroatoms. The summed E-state index contributed by atoms with van der Waals surface area (Å²) in [4.78, 5) is 2.87. The second kappa shape index (κ2) is 4.47. The Kier molecular flexibility index (Phi) is 3.16. The minimum atomic E-state index is 0.0343. The molecule has 0 spiro atoms. The SMILES string of the molecule is ClC1(C2Sc3ccccc3S2)CCCCC1. The molecule has 0 nitrogen and oxygen atoms in total. The number of hydrogen-bond donors (Lipinski definition) is 0. The molecule has 0 unspecified atom stereocenters. The molecule has 0 saturated heterocycles. The Balaban J connectivity index is 1.80. The lowest BCUT2D eigenvalue weighted by Crippen LogP contribution is -2.33. The molecule has 0 atom stereocenters. The van der Waals surface area contributed by atoms with Gasteiger partial charge in [0.1, 0.15) is 0 Å². The second-order valence-electron chi connectivity index (χ2n) is 4.61. The first-order chi connectivity index (χ1) is 7.78. The molecule has 1 aliphatic heterocycles. The highest BCUT2D eigenvalue weighted by molar-refractivity contribution is 8.19. The van der Waals surface area contributed by atoms with Gasteiger partial charge in [0.05, 0.1) is 9.46 Å². The summed E-state index contributed by atoms with van der Waals surface area (Å²) in [5.41, 5.74) is 0. The predicted octanol–water partition coefficient (Wildman–Crippen LogP) is 5.15. The predicted molar refractivity (Wildman–Crippen MR) is 73.6 cm³/mol. The zero-order valence-electron chi connectivity index (χ0n) is 9.12. The molecule has 1 fully saturated rings. The smallest absolute Gasteiger partial charge is 0.0788 e. The Labute approximate surface area is 111 Å². The number of rotatable bonds is 1. The molecular formula is C13H15ClS2. The maximum atomic E-state index is 6.83. The average Bonchev–Trinajstić information content (AvgIpc) is 2.74. The maximum Gasteiger partial charge on any atom is 0.0788 e. The van der Waals surface area contributed by atoms with Crippen molar-refractivity contribution in [1.82, 2.24) is 0 Å². The maximum absolute atomic E-state index is 6.83. The van der Waals surface area contributed by atoms with Crippen LogP contribution in [0.4, 0.5) is 0 Å². The standard InChI is InChI=1S/C13H15ClS2/c14-13(8-4-1-5-9-13)12-15-10-6-2-3-7-11(10)16-12/h2-3,6-7,12H,1,4-5,8-9H2. The first-order valence-corrected chi connectivity index (χ1v) is 8.03. The summed E-state index contributed by atoms with van der Waals surface area (Å²) in [5.74, 6) is 0. The Morgan fingerprint density at radius 3 is 2.12 bits per heavy atom. The number of hydrogen-bond acceptors (Lipinski definition) is 2. The van der Waals surface area contributed by atoms with Crippen molar-refractivity contribution < 1.29 is 0 Å². The number of alkyl halides is 1. The highest BCUT2D eigenvalue weighted by Gasteiger charge is 2.42.